The molecule has 1 amide bonds. The second-order valence-corrected chi connectivity index (χ2v) is 11.0. The number of piperazine rings is 1. The van der Waals surface area contributed by atoms with E-state index in [-0.39, 0.29) is 22.3 Å². The van der Waals surface area contributed by atoms with Gasteiger partial charge in [0.2, 0.25) is 5.91 Å². The normalized spacial score (nSPS) is 15.1. The summed E-state index contributed by atoms with van der Waals surface area (Å²) in [5.74, 6) is -0.647. The highest BCUT2D eigenvalue weighted by molar-refractivity contribution is 5.92. The first-order valence-corrected chi connectivity index (χ1v) is 11.7. The summed E-state index contributed by atoms with van der Waals surface area (Å²) in [5.41, 5.74) is 3.41. The first-order valence-electron chi connectivity index (χ1n) is 11.7. The van der Waals surface area contributed by atoms with Crippen LogP contribution in [0.25, 0.3) is 6.08 Å². The van der Waals surface area contributed by atoms with Crippen LogP contribution in [0.4, 0.5) is 5.69 Å². The Labute approximate surface area is 202 Å². The molecule has 2 N–H and O–H groups in total. The molecule has 0 aromatic heterocycles. The molecule has 6 nitrogen and oxygen atoms in total. The van der Waals surface area contributed by atoms with Crippen molar-refractivity contribution >= 4 is 23.6 Å². The van der Waals surface area contributed by atoms with Crippen molar-refractivity contribution in [2.45, 2.75) is 52.4 Å². The van der Waals surface area contributed by atoms with E-state index in [4.69, 9.17) is 5.11 Å². The zero-order valence-electron chi connectivity index (χ0n) is 21.1. The van der Waals surface area contributed by atoms with Gasteiger partial charge in [0.15, 0.2) is 0 Å². The predicted molar refractivity (Wildman–Crippen MR) is 137 cm³/mol. The van der Waals surface area contributed by atoms with Crippen LogP contribution in [0, 0.1) is 0 Å². The van der Waals surface area contributed by atoms with E-state index in [1.54, 1.807) is 18.2 Å². The minimum absolute atomic E-state index is 0.0384. The number of anilines is 1. The molecular formula is C28H36N2O4. The molecule has 0 saturated carbocycles. The minimum Gasteiger partial charge on any atom is -0.507 e. The fraction of sp³-hybridized carbons (Fsp3) is 0.429. The summed E-state index contributed by atoms with van der Waals surface area (Å²) in [5, 5.41) is 20.0. The number of carboxylic acids is 1. The quantitative estimate of drug-likeness (QED) is 0.619. The van der Waals surface area contributed by atoms with Gasteiger partial charge in [0, 0.05) is 49.1 Å². The molecule has 1 aliphatic heterocycles. The van der Waals surface area contributed by atoms with Crippen LogP contribution in [0.5, 0.6) is 5.75 Å². The van der Waals surface area contributed by atoms with Crippen molar-refractivity contribution in [3.8, 4) is 5.75 Å². The second kappa shape index (κ2) is 9.53. The average molecular weight is 465 g/mol. The van der Waals surface area contributed by atoms with Crippen molar-refractivity contribution in [3.05, 3.63) is 64.7 Å². The standard InChI is InChI=1S/C28H36N2O4/c1-27(2,3)22-17-19(18-23(25(22)32)28(4,5)6)7-12-24(31)30-15-13-29(14-16-30)21-10-8-20(9-11-21)26(33)34/h7-12,17-18,32H,13-16H2,1-6H3,(H,33,34). The van der Waals surface area contributed by atoms with Crippen LogP contribution < -0.4 is 4.90 Å². The molecule has 0 spiro atoms. The van der Waals surface area contributed by atoms with Gasteiger partial charge in [-0.25, -0.2) is 4.79 Å². The summed E-state index contributed by atoms with van der Waals surface area (Å²) in [7, 11) is 0. The number of nitrogens with zero attached hydrogens (tertiary/aromatic N) is 2. The summed E-state index contributed by atoms with van der Waals surface area (Å²) >= 11 is 0. The van der Waals surface area contributed by atoms with Crippen LogP contribution in [0.3, 0.4) is 0 Å². The third-order valence-corrected chi connectivity index (χ3v) is 6.24. The molecule has 1 aliphatic rings. The van der Waals surface area contributed by atoms with Gasteiger partial charge in [0.1, 0.15) is 5.75 Å². The van der Waals surface area contributed by atoms with E-state index in [2.05, 4.69) is 46.4 Å². The largest absolute Gasteiger partial charge is 0.507 e. The lowest BCUT2D eigenvalue weighted by Crippen LogP contribution is -2.48. The third-order valence-electron chi connectivity index (χ3n) is 6.24. The summed E-state index contributed by atoms with van der Waals surface area (Å²) in [6.07, 6.45) is 3.45. The number of amides is 1. The molecule has 1 fully saturated rings. The Kier molecular flexibility index (Phi) is 7.10. The number of benzene rings is 2. The third kappa shape index (κ3) is 5.79. The first-order chi connectivity index (χ1) is 15.8. The fourth-order valence-electron chi connectivity index (χ4n) is 4.17. The van der Waals surface area contributed by atoms with Crippen LogP contribution in [0.15, 0.2) is 42.5 Å². The zero-order valence-corrected chi connectivity index (χ0v) is 21.1. The highest BCUT2D eigenvalue weighted by atomic mass is 16.4. The van der Waals surface area contributed by atoms with Gasteiger partial charge < -0.3 is 20.0 Å². The molecule has 0 unspecified atom stereocenters. The van der Waals surface area contributed by atoms with E-state index in [0.717, 1.165) is 22.4 Å². The first kappa shape index (κ1) is 25.3. The van der Waals surface area contributed by atoms with Gasteiger partial charge in [-0.2, -0.15) is 0 Å². The van der Waals surface area contributed by atoms with Crippen molar-refractivity contribution in [1.29, 1.82) is 0 Å². The molecule has 0 atom stereocenters. The maximum atomic E-state index is 12.9. The monoisotopic (exact) mass is 464 g/mol. The Bertz CT molecular complexity index is 1050. The average Bonchev–Trinajstić information content (AvgIpc) is 2.76. The number of hydrogen-bond acceptors (Lipinski definition) is 4. The van der Waals surface area contributed by atoms with E-state index < -0.39 is 5.97 Å². The van der Waals surface area contributed by atoms with Gasteiger partial charge in [-0.05, 0) is 58.9 Å². The summed E-state index contributed by atoms with van der Waals surface area (Å²) in [4.78, 5) is 27.9. The Balaban J connectivity index is 1.71. The molecule has 2 aromatic rings. The predicted octanol–water partition coefficient (Wildman–Crippen LogP) is 5.05. The highest BCUT2D eigenvalue weighted by Crippen LogP contribution is 2.40. The number of rotatable bonds is 4. The van der Waals surface area contributed by atoms with Gasteiger partial charge >= 0.3 is 5.97 Å². The Morgan fingerprint density at radius 3 is 1.79 bits per heavy atom. The van der Waals surface area contributed by atoms with Crippen LogP contribution >= 0.6 is 0 Å². The molecule has 3 rings (SSSR count). The number of carbonyl (C=O) groups excluding carboxylic acids is 1. The molecule has 182 valence electrons. The fourth-order valence-corrected chi connectivity index (χ4v) is 4.17. The number of hydrogen-bond donors (Lipinski definition) is 2. The van der Waals surface area contributed by atoms with Crippen molar-refractivity contribution in [3.63, 3.8) is 0 Å². The van der Waals surface area contributed by atoms with E-state index in [1.807, 2.05) is 35.2 Å². The highest BCUT2D eigenvalue weighted by Gasteiger charge is 2.26. The Hall–Kier alpha value is -3.28. The van der Waals surface area contributed by atoms with Gasteiger partial charge in [-0.3, -0.25) is 4.79 Å². The summed E-state index contributed by atoms with van der Waals surface area (Å²) in [6, 6.07) is 10.8. The lowest BCUT2D eigenvalue weighted by Gasteiger charge is -2.35. The van der Waals surface area contributed by atoms with Gasteiger partial charge in [0.05, 0.1) is 5.56 Å². The van der Waals surface area contributed by atoms with Gasteiger partial charge in [-0.1, -0.05) is 41.5 Å². The van der Waals surface area contributed by atoms with Crippen molar-refractivity contribution in [1.82, 2.24) is 4.90 Å². The minimum atomic E-state index is -0.938. The summed E-state index contributed by atoms with van der Waals surface area (Å²) in [6.45, 7) is 15.0. The molecular weight excluding hydrogens is 428 g/mol. The number of carbonyl (C=O) groups is 2. The van der Waals surface area contributed by atoms with Crippen LogP contribution in [0.1, 0.15) is 68.6 Å². The molecule has 0 bridgehead atoms. The summed E-state index contributed by atoms with van der Waals surface area (Å²) < 4.78 is 0. The van der Waals surface area contributed by atoms with Crippen LogP contribution in [0.2, 0.25) is 0 Å². The molecule has 6 heteroatoms. The smallest absolute Gasteiger partial charge is 0.335 e. The van der Waals surface area contributed by atoms with Crippen LogP contribution in [-0.2, 0) is 15.6 Å². The SMILES string of the molecule is CC(C)(C)c1cc(C=CC(=O)N2CCN(c3ccc(C(=O)O)cc3)CC2)cc(C(C)(C)C)c1O. The van der Waals surface area contributed by atoms with Crippen molar-refractivity contribution in [2.24, 2.45) is 0 Å². The second-order valence-electron chi connectivity index (χ2n) is 11.0. The lowest BCUT2D eigenvalue weighted by molar-refractivity contribution is -0.126. The van der Waals surface area contributed by atoms with E-state index in [0.29, 0.717) is 31.9 Å². The maximum absolute atomic E-state index is 12.9. The van der Waals surface area contributed by atoms with E-state index >= 15 is 0 Å². The van der Waals surface area contributed by atoms with Gasteiger partial charge in [-0.15, -0.1) is 0 Å². The van der Waals surface area contributed by atoms with E-state index in [9.17, 15) is 14.7 Å². The van der Waals surface area contributed by atoms with E-state index in [1.165, 1.54) is 0 Å². The number of aromatic hydroxyl groups is 1. The molecule has 1 saturated heterocycles. The Morgan fingerprint density at radius 1 is 0.853 bits per heavy atom. The molecule has 0 aliphatic carbocycles. The number of phenolic OH excluding ortho intramolecular Hbond substituents is 1. The molecule has 1 heterocycles. The zero-order chi connectivity index (χ0) is 25.3. The van der Waals surface area contributed by atoms with Gasteiger partial charge in [0.25, 0.3) is 0 Å². The lowest BCUT2D eigenvalue weighted by atomic mass is 9.78. The molecule has 0 radical (unpaired) electrons. The topological polar surface area (TPSA) is 81.1 Å². The Morgan fingerprint density at radius 2 is 1.35 bits per heavy atom. The van der Waals surface area contributed by atoms with Crippen molar-refractivity contribution < 1.29 is 19.8 Å². The van der Waals surface area contributed by atoms with Crippen LogP contribution in [-0.4, -0.2) is 53.2 Å². The maximum Gasteiger partial charge on any atom is 0.335 e. The van der Waals surface area contributed by atoms with Crippen molar-refractivity contribution in [2.75, 3.05) is 31.1 Å². The number of aromatic carboxylic acids is 1. The number of carboxylic acid groups (broad SMARTS) is 1. The number of phenols is 1. The molecule has 2 aromatic carbocycles. The molecule has 34 heavy (non-hydrogen) atoms.